The summed E-state index contributed by atoms with van der Waals surface area (Å²) in [7, 11) is 1.98. The van der Waals surface area contributed by atoms with Gasteiger partial charge in [-0.2, -0.15) is 5.10 Å². The molecule has 2 fully saturated rings. The fraction of sp³-hybridized carbons (Fsp3) is 0.765. The lowest BCUT2D eigenvalue weighted by Crippen LogP contribution is -2.54. The molecule has 0 aliphatic heterocycles. The minimum atomic E-state index is -0.705. The minimum Gasteiger partial charge on any atom is -0.480 e. The molecule has 0 unspecified atom stereocenters. The number of aryl methyl sites for hydroxylation is 2. The highest BCUT2D eigenvalue weighted by Crippen LogP contribution is 2.33. The van der Waals surface area contributed by atoms with Crippen LogP contribution in [0.2, 0.25) is 0 Å². The van der Waals surface area contributed by atoms with Crippen LogP contribution >= 0.6 is 0 Å². The van der Waals surface area contributed by atoms with Crippen molar-refractivity contribution in [3.63, 3.8) is 0 Å². The Balaban J connectivity index is 1.46. The monoisotopic (exact) mass is 320 g/mol. The van der Waals surface area contributed by atoms with Crippen molar-refractivity contribution in [3.8, 4) is 0 Å². The fourth-order valence-corrected chi connectivity index (χ4v) is 3.52. The van der Waals surface area contributed by atoms with E-state index in [2.05, 4.69) is 29.2 Å². The molecule has 0 atom stereocenters. The molecule has 0 aromatic carbocycles. The second-order valence-corrected chi connectivity index (χ2v) is 7.24. The Bertz CT molecular complexity index is 573. The van der Waals surface area contributed by atoms with Gasteiger partial charge in [0.25, 0.3) is 0 Å². The molecule has 0 saturated heterocycles. The van der Waals surface area contributed by atoms with Crippen molar-refractivity contribution in [2.24, 2.45) is 13.0 Å². The lowest BCUT2D eigenvalue weighted by Gasteiger charge is -2.43. The Morgan fingerprint density at radius 3 is 2.61 bits per heavy atom. The molecule has 3 rings (SSSR count). The van der Waals surface area contributed by atoms with Crippen molar-refractivity contribution in [1.29, 1.82) is 0 Å². The summed E-state index contributed by atoms with van der Waals surface area (Å²) in [5, 5.41) is 17.2. The molecule has 23 heavy (non-hydrogen) atoms. The first-order valence-corrected chi connectivity index (χ1v) is 8.62. The predicted octanol–water partition coefficient (Wildman–Crippen LogP) is 1.45. The smallest absolute Gasteiger partial charge is 0.317 e. The molecular weight excluding hydrogens is 292 g/mol. The standard InChI is InChI=1S/C17H28N4O2/c1-11-16(12(2)20(3)19-11)8-18-14-6-15(7-14)21(10-17(22)23)9-13-4-5-13/h13-15,18H,4-10H2,1-3H3,(H,22,23). The summed E-state index contributed by atoms with van der Waals surface area (Å²) in [6, 6.07) is 0.926. The van der Waals surface area contributed by atoms with E-state index in [1.54, 1.807) is 0 Å². The summed E-state index contributed by atoms with van der Waals surface area (Å²) in [6.45, 7) is 6.16. The molecule has 0 radical (unpaired) electrons. The van der Waals surface area contributed by atoms with Gasteiger partial charge in [-0.25, -0.2) is 0 Å². The zero-order chi connectivity index (χ0) is 16.6. The zero-order valence-corrected chi connectivity index (χ0v) is 14.4. The van der Waals surface area contributed by atoms with Crippen LogP contribution in [0.25, 0.3) is 0 Å². The Hall–Kier alpha value is -1.40. The minimum absolute atomic E-state index is 0.189. The lowest BCUT2D eigenvalue weighted by atomic mass is 9.85. The topological polar surface area (TPSA) is 70.4 Å². The fourth-order valence-electron chi connectivity index (χ4n) is 3.52. The number of hydrogen-bond donors (Lipinski definition) is 2. The number of aliphatic carboxylic acids is 1. The Kier molecular flexibility index (Phi) is 4.73. The van der Waals surface area contributed by atoms with Crippen molar-refractivity contribution in [2.75, 3.05) is 13.1 Å². The second kappa shape index (κ2) is 6.61. The van der Waals surface area contributed by atoms with Gasteiger partial charge in [0.1, 0.15) is 0 Å². The molecule has 128 valence electrons. The molecule has 6 nitrogen and oxygen atoms in total. The first-order valence-electron chi connectivity index (χ1n) is 8.62. The van der Waals surface area contributed by atoms with Crippen LogP contribution in [0, 0.1) is 19.8 Å². The van der Waals surface area contributed by atoms with Gasteiger partial charge in [0, 0.05) is 43.5 Å². The normalized spacial score (nSPS) is 24.0. The first kappa shape index (κ1) is 16.5. The number of hydrogen-bond acceptors (Lipinski definition) is 4. The molecule has 2 saturated carbocycles. The molecule has 2 N–H and O–H groups in total. The number of nitrogens with zero attached hydrogens (tertiary/aromatic N) is 3. The van der Waals surface area contributed by atoms with Gasteiger partial charge in [-0.3, -0.25) is 14.4 Å². The maximum absolute atomic E-state index is 11.1. The highest BCUT2D eigenvalue weighted by atomic mass is 16.4. The molecule has 1 aromatic rings. The zero-order valence-electron chi connectivity index (χ0n) is 14.4. The van der Waals surface area contributed by atoms with Gasteiger partial charge >= 0.3 is 5.97 Å². The van der Waals surface area contributed by atoms with Gasteiger partial charge in [-0.05, 0) is 45.4 Å². The Morgan fingerprint density at radius 1 is 1.39 bits per heavy atom. The second-order valence-electron chi connectivity index (χ2n) is 7.24. The van der Waals surface area contributed by atoms with Gasteiger partial charge in [0.15, 0.2) is 0 Å². The van der Waals surface area contributed by atoms with Crippen LogP contribution in [0.1, 0.15) is 42.6 Å². The van der Waals surface area contributed by atoms with Crippen LogP contribution in [0.4, 0.5) is 0 Å². The van der Waals surface area contributed by atoms with Crippen LogP contribution in [0.15, 0.2) is 0 Å². The third kappa shape index (κ3) is 3.93. The van der Waals surface area contributed by atoms with Gasteiger partial charge < -0.3 is 10.4 Å². The SMILES string of the molecule is Cc1nn(C)c(C)c1CNC1CC(N(CC(=O)O)CC2CC2)C1. The van der Waals surface area contributed by atoms with E-state index in [9.17, 15) is 4.79 Å². The van der Waals surface area contributed by atoms with E-state index >= 15 is 0 Å². The largest absolute Gasteiger partial charge is 0.480 e. The quantitative estimate of drug-likeness (QED) is 0.759. The Labute approximate surface area is 137 Å². The summed E-state index contributed by atoms with van der Waals surface area (Å²) in [5.41, 5.74) is 3.60. The van der Waals surface area contributed by atoms with Crippen molar-refractivity contribution < 1.29 is 9.90 Å². The van der Waals surface area contributed by atoms with Gasteiger partial charge in [-0.1, -0.05) is 0 Å². The van der Waals surface area contributed by atoms with Gasteiger partial charge in [0.2, 0.25) is 0 Å². The molecule has 0 amide bonds. The van der Waals surface area contributed by atoms with E-state index in [4.69, 9.17) is 5.11 Å². The number of carboxylic acid groups (broad SMARTS) is 1. The van der Waals surface area contributed by atoms with Crippen LogP contribution in [-0.4, -0.2) is 50.9 Å². The van der Waals surface area contributed by atoms with Gasteiger partial charge in [-0.15, -0.1) is 0 Å². The third-order valence-electron chi connectivity index (χ3n) is 5.38. The summed E-state index contributed by atoms with van der Waals surface area (Å²) in [4.78, 5) is 13.2. The van der Waals surface area contributed by atoms with E-state index in [-0.39, 0.29) is 6.54 Å². The number of aromatic nitrogens is 2. The van der Waals surface area contributed by atoms with E-state index < -0.39 is 5.97 Å². The molecule has 6 heteroatoms. The first-order chi connectivity index (χ1) is 10.9. The average Bonchev–Trinajstić information content (AvgIpc) is 3.19. The molecule has 0 spiro atoms. The summed E-state index contributed by atoms with van der Waals surface area (Å²) in [5.74, 6) is 0.0331. The van der Waals surface area contributed by atoms with E-state index in [1.165, 1.54) is 24.1 Å². The Morgan fingerprint density at radius 2 is 2.09 bits per heavy atom. The molecule has 1 aromatic heterocycles. The van der Waals surface area contributed by atoms with E-state index in [0.29, 0.717) is 12.1 Å². The van der Waals surface area contributed by atoms with E-state index in [0.717, 1.165) is 37.5 Å². The summed E-state index contributed by atoms with van der Waals surface area (Å²) < 4.78 is 1.93. The van der Waals surface area contributed by atoms with Gasteiger partial charge in [0.05, 0.1) is 12.2 Å². The van der Waals surface area contributed by atoms with Crippen molar-refractivity contribution >= 4 is 5.97 Å². The lowest BCUT2D eigenvalue weighted by molar-refractivity contribution is -0.139. The number of rotatable bonds is 8. The van der Waals surface area contributed by atoms with E-state index in [1.807, 2.05) is 11.7 Å². The highest BCUT2D eigenvalue weighted by Gasteiger charge is 2.36. The van der Waals surface area contributed by atoms with Crippen LogP contribution in [0.3, 0.4) is 0 Å². The van der Waals surface area contributed by atoms with Crippen LogP contribution in [0.5, 0.6) is 0 Å². The number of carboxylic acids is 1. The summed E-state index contributed by atoms with van der Waals surface area (Å²) >= 11 is 0. The maximum atomic E-state index is 11.1. The molecule has 2 aliphatic rings. The van der Waals surface area contributed by atoms with Crippen molar-refractivity contribution in [3.05, 3.63) is 17.0 Å². The number of nitrogens with one attached hydrogen (secondary N) is 1. The average molecular weight is 320 g/mol. The molecule has 2 aliphatic carbocycles. The summed E-state index contributed by atoms with van der Waals surface area (Å²) in [6.07, 6.45) is 4.64. The van der Waals surface area contributed by atoms with Crippen molar-refractivity contribution in [1.82, 2.24) is 20.0 Å². The predicted molar refractivity (Wildman–Crippen MR) is 88.3 cm³/mol. The third-order valence-corrected chi connectivity index (χ3v) is 5.38. The van der Waals surface area contributed by atoms with Crippen molar-refractivity contribution in [2.45, 2.75) is 58.2 Å². The molecule has 0 bridgehead atoms. The van der Waals surface area contributed by atoms with Crippen LogP contribution in [-0.2, 0) is 18.4 Å². The molecule has 1 heterocycles. The van der Waals surface area contributed by atoms with Crippen LogP contribution < -0.4 is 5.32 Å². The molecular formula is C17H28N4O2. The maximum Gasteiger partial charge on any atom is 0.317 e. The highest BCUT2D eigenvalue weighted by molar-refractivity contribution is 5.69. The number of carbonyl (C=O) groups is 1.